The lowest BCUT2D eigenvalue weighted by Gasteiger charge is -2.28. The number of pyridine rings is 1. The molecule has 0 spiro atoms. The average Bonchev–Trinajstić information content (AvgIpc) is 3.19. The Morgan fingerprint density at radius 2 is 1.80 bits per heavy atom. The zero-order valence-electron chi connectivity index (χ0n) is 31.2. The lowest BCUT2D eigenvalue weighted by Crippen LogP contribution is -2.53. The lowest BCUT2D eigenvalue weighted by molar-refractivity contribution is -0.142. The van der Waals surface area contributed by atoms with Gasteiger partial charge in [-0.05, 0) is 67.5 Å². The number of fused-ring (bicyclic) bond motifs is 11. The van der Waals surface area contributed by atoms with Gasteiger partial charge in [0.05, 0.1) is 42.9 Å². The molecular weight excluding hydrogens is 745 g/mol. The molecule has 56 heavy (non-hydrogen) atoms. The molecular formula is C38H48N8O9S. The van der Waals surface area contributed by atoms with Crippen molar-refractivity contribution in [1.29, 1.82) is 0 Å². The number of rotatable bonds is 16. The Morgan fingerprint density at radius 1 is 1.04 bits per heavy atom. The molecule has 2 aliphatic heterocycles. The summed E-state index contributed by atoms with van der Waals surface area (Å²) in [7, 11) is 0. The molecule has 2 bridgehead atoms. The number of benzene rings is 2. The summed E-state index contributed by atoms with van der Waals surface area (Å²) >= 11 is 0.788. The summed E-state index contributed by atoms with van der Waals surface area (Å²) in [6.07, 6.45) is 4.52. The van der Waals surface area contributed by atoms with Gasteiger partial charge in [0.15, 0.2) is 0 Å². The molecule has 0 saturated carbocycles. The van der Waals surface area contributed by atoms with Crippen molar-refractivity contribution in [3.8, 4) is 5.75 Å². The maximum absolute atomic E-state index is 13.7. The molecule has 3 atom stereocenters. The minimum absolute atomic E-state index is 0.0355. The molecule has 300 valence electrons. The monoisotopic (exact) mass is 792 g/mol. The average molecular weight is 793 g/mol. The van der Waals surface area contributed by atoms with Crippen molar-refractivity contribution < 1.29 is 43.5 Å². The zero-order chi connectivity index (χ0) is 40.3. The van der Waals surface area contributed by atoms with Crippen LogP contribution in [0.4, 0.5) is 5.82 Å². The van der Waals surface area contributed by atoms with Gasteiger partial charge in [0, 0.05) is 42.1 Å². The first-order valence-electron chi connectivity index (χ1n) is 18.2. The van der Waals surface area contributed by atoms with E-state index < -0.39 is 41.5 Å². The molecule has 8 N–H and O–H groups in total. The van der Waals surface area contributed by atoms with Gasteiger partial charge in [-0.2, -0.15) is 9.44 Å². The van der Waals surface area contributed by atoms with Gasteiger partial charge in [0.2, 0.25) is 23.6 Å². The smallest absolute Gasteiger partial charge is 0.252 e. The van der Waals surface area contributed by atoms with E-state index in [9.17, 15) is 29.2 Å². The number of nitrogens with one attached hydrogen (secondary N) is 6. The second-order valence-electron chi connectivity index (χ2n) is 13.4. The molecule has 0 saturated heterocycles. The molecule has 0 unspecified atom stereocenters. The van der Waals surface area contributed by atoms with Crippen LogP contribution < -0.4 is 36.9 Å². The number of hydrogen-bond donors (Lipinski definition) is 8. The molecule has 3 aromatic rings. The van der Waals surface area contributed by atoms with E-state index in [0.29, 0.717) is 53.5 Å². The van der Waals surface area contributed by atoms with E-state index in [1.54, 1.807) is 60.1 Å². The minimum atomic E-state index is -1.06. The fourth-order valence-electron chi connectivity index (χ4n) is 5.94. The van der Waals surface area contributed by atoms with Crippen molar-refractivity contribution >= 4 is 53.6 Å². The van der Waals surface area contributed by atoms with Gasteiger partial charge in [-0.1, -0.05) is 44.2 Å². The third kappa shape index (κ3) is 13.9. The summed E-state index contributed by atoms with van der Waals surface area (Å²) in [5, 5.41) is 33.2. The maximum atomic E-state index is 13.7. The standard InChI is InChI=1S/C38H48N8O9S/c1-24(2)19-30-29(37(50)46-52)8-5-18-54-28-13-10-25(11-14-28)20-31(44-36(30)49)38(51)42-23-34(47)39-16-6-17-40-35(48)27-12-15-33(41-21-27)45-43-22-26-7-3-4-9-32(26)56-55-53/h3-4,7,9-15,21-22,24,29-31,52-53H,5-6,8,16-20,23H2,1-2H3,(H,39,47)(H,40,48)(H,41,45)(H,42,51)(H,44,49)(H,46,50)/b43-22+/t29-,30+,31-/m0/s1. The molecule has 5 rings (SSSR count). The third-order valence-corrected chi connectivity index (χ3v) is 9.38. The number of nitrogens with zero attached hydrogens (tertiary/aromatic N) is 2. The summed E-state index contributed by atoms with van der Waals surface area (Å²) in [6, 6.07) is 16.4. The van der Waals surface area contributed by atoms with Crippen LogP contribution in [-0.2, 0) is 29.9 Å². The van der Waals surface area contributed by atoms with E-state index in [4.69, 9.17) is 9.99 Å². The molecule has 18 heteroatoms. The Hall–Kier alpha value is -5.56. The van der Waals surface area contributed by atoms with Crippen LogP contribution in [0.1, 0.15) is 61.0 Å². The van der Waals surface area contributed by atoms with Crippen LogP contribution in [0.2, 0.25) is 0 Å². The van der Waals surface area contributed by atoms with Crippen molar-refractivity contribution in [2.45, 2.75) is 56.9 Å². The predicted octanol–water partition coefficient (Wildman–Crippen LogP) is 3.06. The lowest BCUT2D eigenvalue weighted by atomic mass is 9.81. The highest BCUT2D eigenvalue weighted by Crippen LogP contribution is 2.27. The number of ether oxygens (including phenoxy) is 1. The van der Waals surface area contributed by atoms with Gasteiger partial charge in [0.1, 0.15) is 17.6 Å². The maximum Gasteiger partial charge on any atom is 0.252 e. The highest BCUT2D eigenvalue weighted by Gasteiger charge is 2.36. The van der Waals surface area contributed by atoms with Crippen molar-refractivity contribution in [2.24, 2.45) is 22.9 Å². The zero-order valence-corrected chi connectivity index (χ0v) is 32.0. The van der Waals surface area contributed by atoms with E-state index in [1.165, 1.54) is 12.4 Å². The molecule has 0 radical (unpaired) electrons. The Morgan fingerprint density at radius 3 is 2.52 bits per heavy atom. The number of carbonyl (C=O) groups is 5. The first kappa shape index (κ1) is 43.2. The first-order chi connectivity index (χ1) is 27.1. The van der Waals surface area contributed by atoms with Gasteiger partial charge >= 0.3 is 0 Å². The third-order valence-electron chi connectivity index (χ3n) is 8.76. The number of aromatic nitrogens is 1. The first-order valence-corrected chi connectivity index (χ1v) is 18.9. The predicted molar refractivity (Wildman–Crippen MR) is 208 cm³/mol. The van der Waals surface area contributed by atoms with Crippen LogP contribution in [0.3, 0.4) is 0 Å². The van der Waals surface area contributed by atoms with Crippen LogP contribution >= 0.6 is 12.0 Å². The second-order valence-corrected chi connectivity index (χ2v) is 14.1. The van der Waals surface area contributed by atoms with Gasteiger partial charge in [0.25, 0.3) is 5.91 Å². The highest BCUT2D eigenvalue weighted by atomic mass is 32.2. The summed E-state index contributed by atoms with van der Waals surface area (Å²) in [6.45, 7) is 4.28. The van der Waals surface area contributed by atoms with Crippen molar-refractivity contribution in [1.82, 2.24) is 31.7 Å². The molecule has 1 aromatic heterocycles. The number of hydrazone groups is 1. The van der Waals surface area contributed by atoms with E-state index in [-0.39, 0.29) is 44.3 Å². The van der Waals surface area contributed by atoms with Gasteiger partial charge in [-0.25, -0.2) is 15.7 Å². The Kier molecular flexibility index (Phi) is 17.5. The summed E-state index contributed by atoms with van der Waals surface area (Å²) in [5.74, 6) is -3.22. The van der Waals surface area contributed by atoms with Gasteiger partial charge in [-0.15, -0.1) is 0 Å². The molecule has 3 heterocycles. The van der Waals surface area contributed by atoms with Crippen LogP contribution in [0.15, 0.2) is 76.9 Å². The Bertz CT molecular complexity index is 1790. The van der Waals surface area contributed by atoms with Gasteiger partial charge < -0.3 is 26.0 Å². The largest absolute Gasteiger partial charge is 0.494 e. The molecule has 2 aliphatic rings. The normalized spacial score (nSPS) is 17.3. The minimum Gasteiger partial charge on any atom is -0.494 e. The molecule has 5 amide bonds. The second kappa shape index (κ2) is 22.7. The Balaban J connectivity index is 1.24. The summed E-state index contributed by atoms with van der Waals surface area (Å²) < 4.78 is 9.94. The summed E-state index contributed by atoms with van der Waals surface area (Å²) in [4.78, 5) is 69.9. The summed E-state index contributed by atoms with van der Waals surface area (Å²) in [5.41, 5.74) is 6.23. The number of amides is 5. The molecule has 2 aromatic carbocycles. The van der Waals surface area contributed by atoms with Crippen LogP contribution in [0.25, 0.3) is 0 Å². The number of hydroxylamine groups is 1. The number of anilines is 1. The highest BCUT2D eigenvalue weighted by molar-refractivity contribution is 7.94. The van der Waals surface area contributed by atoms with Crippen LogP contribution in [0.5, 0.6) is 5.75 Å². The molecule has 17 nitrogen and oxygen atoms in total. The quantitative estimate of drug-likeness (QED) is 0.0261. The molecule has 0 aliphatic carbocycles. The molecule has 0 fully saturated rings. The van der Waals surface area contributed by atoms with Gasteiger partial charge in [-0.3, -0.25) is 34.6 Å². The van der Waals surface area contributed by atoms with E-state index >= 15 is 0 Å². The van der Waals surface area contributed by atoms with Crippen LogP contribution in [-0.4, -0.2) is 83.5 Å². The van der Waals surface area contributed by atoms with Crippen molar-refractivity contribution in [3.05, 3.63) is 83.6 Å². The number of hydrogen-bond acceptors (Lipinski definition) is 13. The van der Waals surface area contributed by atoms with Crippen LogP contribution in [0, 0.1) is 17.8 Å². The van der Waals surface area contributed by atoms with Crippen molar-refractivity contribution in [2.75, 3.05) is 31.7 Å². The SMILES string of the molecule is CC(C)C[C@H]1C(=O)N[C@H](C(=O)NCC(=O)NCCCNC(=O)c2ccc(N/N=C/c3ccccc3SOO)nc2)Cc2ccc(cc2)OCCC[C@@H]1C(=O)NO. The fourth-order valence-corrected chi connectivity index (χ4v) is 6.37. The number of carbonyl (C=O) groups excluding carboxylic acids is 5. The van der Waals surface area contributed by atoms with E-state index in [2.05, 4.69) is 41.1 Å². The van der Waals surface area contributed by atoms with E-state index in [0.717, 1.165) is 17.6 Å². The Labute approximate surface area is 328 Å². The van der Waals surface area contributed by atoms with Crippen molar-refractivity contribution in [3.63, 3.8) is 0 Å². The topological polar surface area (TPSA) is 242 Å². The van der Waals surface area contributed by atoms with E-state index in [1.807, 2.05) is 19.9 Å². The fraction of sp³-hybridized carbons (Fsp3) is 0.395.